The zero-order valence-electron chi connectivity index (χ0n) is 12.0. The number of halogens is 4. The molecule has 120 valence electrons. The van der Waals surface area contributed by atoms with E-state index in [2.05, 4.69) is 5.32 Å². The molecule has 0 aliphatic carbocycles. The largest absolute Gasteiger partial charge is 0.375 e. The molecular weight excluding hydrogens is 286 g/mol. The van der Waals surface area contributed by atoms with Gasteiger partial charge in [0.05, 0.1) is 0 Å². The highest BCUT2D eigenvalue weighted by Crippen LogP contribution is 2.12. The van der Waals surface area contributed by atoms with Crippen LogP contribution in [-0.4, -0.2) is 32.2 Å². The molecule has 0 aromatic heterocycles. The van der Waals surface area contributed by atoms with Gasteiger partial charge in [0, 0.05) is 12.6 Å². The standard InChI is InChI=1S/C15H21F4NO/c1-2-6-20-12(5-7-21-10-15(18)19)8-11-3-4-13(16)14(17)9-11/h3-4,9,12,15,20H,2,5-8,10H2,1H3. The lowest BCUT2D eigenvalue weighted by Gasteiger charge is -2.19. The Kier molecular flexibility index (Phi) is 8.30. The first kappa shape index (κ1) is 17.9. The van der Waals surface area contributed by atoms with Crippen LogP contribution in [0.4, 0.5) is 17.6 Å². The molecule has 6 heteroatoms. The number of benzene rings is 1. The summed E-state index contributed by atoms with van der Waals surface area (Å²) in [5.41, 5.74) is 0.663. The van der Waals surface area contributed by atoms with Gasteiger partial charge in [-0.3, -0.25) is 0 Å². The molecule has 0 radical (unpaired) electrons. The van der Waals surface area contributed by atoms with Crippen LogP contribution in [0.25, 0.3) is 0 Å². The fourth-order valence-corrected chi connectivity index (χ4v) is 1.97. The molecule has 0 fully saturated rings. The number of alkyl halides is 2. The minimum absolute atomic E-state index is 0.0208. The van der Waals surface area contributed by atoms with Crippen molar-refractivity contribution in [3.05, 3.63) is 35.4 Å². The molecule has 1 aromatic carbocycles. The molecular formula is C15H21F4NO. The number of nitrogens with one attached hydrogen (secondary N) is 1. The van der Waals surface area contributed by atoms with Crippen molar-refractivity contribution in [2.45, 2.75) is 38.7 Å². The Bertz CT molecular complexity index is 415. The minimum Gasteiger partial charge on any atom is -0.375 e. The maximum atomic E-state index is 13.2. The van der Waals surface area contributed by atoms with Crippen molar-refractivity contribution in [1.82, 2.24) is 5.32 Å². The quantitative estimate of drug-likeness (QED) is 0.527. The van der Waals surface area contributed by atoms with Crippen LogP contribution in [0.1, 0.15) is 25.3 Å². The van der Waals surface area contributed by atoms with E-state index in [1.54, 1.807) is 0 Å². The Morgan fingerprint density at radius 2 is 1.95 bits per heavy atom. The lowest BCUT2D eigenvalue weighted by Crippen LogP contribution is -2.33. The molecule has 1 atom stereocenters. The smallest absolute Gasteiger partial charge is 0.261 e. The van der Waals surface area contributed by atoms with E-state index in [-0.39, 0.29) is 12.6 Å². The zero-order chi connectivity index (χ0) is 15.7. The summed E-state index contributed by atoms with van der Waals surface area (Å²) in [6, 6.07) is 3.76. The van der Waals surface area contributed by atoms with Crippen molar-refractivity contribution < 1.29 is 22.3 Å². The van der Waals surface area contributed by atoms with E-state index in [0.717, 1.165) is 25.1 Å². The van der Waals surface area contributed by atoms with Gasteiger partial charge >= 0.3 is 0 Å². The predicted octanol–water partition coefficient (Wildman–Crippen LogP) is 3.55. The van der Waals surface area contributed by atoms with Crippen molar-refractivity contribution >= 4 is 0 Å². The van der Waals surface area contributed by atoms with Crippen LogP contribution in [0.5, 0.6) is 0 Å². The van der Waals surface area contributed by atoms with Crippen LogP contribution in [0.3, 0.4) is 0 Å². The number of hydrogen-bond donors (Lipinski definition) is 1. The van der Waals surface area contributed by atoms with Crippen molar-refractivity contribution in [3.63, 3.8) is 0 Å². The molecule has 1 N–H and O–H groups in total. The van der Waals surface area contributed by atoms with Crippen LogP contribution >= 0.6 is 0 Å². The number of rotatable bonds is 10. The summed E-state index contributed by atoms with van der Waals surface area (Å²) >= 11 is 0. The summed E-state index contributed by atoms with van der Waals surface area (Å²) in [6.07, 6.45) is -0.522. The Hall–Kier alpha value is -1.14. The molecule has 0 aliphatic rings. The van der Waals surface area contributed by atoms with Crippen LogP contribution in [-0.2, 0) is 11.2 Å². The van der Waals surface area contributed by atoms with Crippen LogP contribution in [0.2, 0.25) is 0 Å². The Balaban J connectivity index is 2.49. The fraction of sp³-hybridized carbons (Fsp3) is 0.600. The first-order valence-electron chi connectivity index (χ1n) is 7.06. The zero-order valence-corrected chi connectivity index (χ0v) is 12.0. The third kappa shape index (κ3) is 7.43. The molecule has 0 amide bonds. The van der Waals surface area contributed by atoms with Crippen molar-refractivity contribution in [3.8, 4) is 0 Å². The normalized spacial score (nSPS) is 12.9. The first-order valence-corrected chi connectivity index (χ1v) is 7.06. The topological polar surface area (TPSA) is 21.3 Å². The summed E-state index contributed by atoms with van der Waals surface area (Å²) < 4.78 is 54.9. The molecule has 21 heavy (non-hydrogen) atoms. The second kappa shape index (κ2) is 9.73. The summed E-state index contributed by atoms with van der Waals surface area (Å²) in [5, 5.41) is 3.26. The minimum atomic E-state index is -2.47. The van der Waals surface area contributed by atoms with Gasteiger partial charge in [-0.15, -0.1) is 0 Å². The molecule has 0 spiro atoms. The van der Waals surface area contributed by atoms with Crippen molar-refractivity contribution in [1.29, 1.82) is 0 Å². The second-order valence-corrected chi connectivity index (χ2v) is 4.86. The van der Waals surface area contributed by atoms with E-state index in [0.29, 0.717) is 18.4 Å². The van der Waals surface area contributed by atoms with E-state index in [1.807, 2.05) is 6.92 Å². The molecule has 2 nitrogen and oxygen atoms in total. The van der Waals surface area contributed by atoms with Gasteiger partial charge in [-0.2, -0.15) is 0 Å². The predicted molar refractivity (Wildman–Crippen MR) is 73.6 cm³/mol. The van der Waals surface area contributed by atoms with Crippen LogP contribution in [0, 0.1) is 11.6 Å². The monoisotopic (exact) mass is 307 g/mol. The van der Waals surface area contributed by atoms with Gasteiger partial charge in [-0.25, -0.2) is 17.6 Å². The molecule has 1 unspecified atom stereocenters. The van der Waals surface area contributed by atoms with Gasteiger partial charge in [-0.1, -0.05) is 13.0 Å². The van der Waals surface area contributed by atoms with E-state index >= 15 is 0 Å². The second-order valence-electron chi connectivity index (χ2n) is 4.86. The first-order chi connectivity index (χ1) is 10.0. The van der Waals surface area contributed by atoms with E-state index < -0.39 is 24.7 Å². The summed E-state index contributed by atoms with van der Waals surface area (Å²) in [7, 11) is 0. The Morgan fingerprint density at radius 3 is 2.57 bits per heavy atom. The molecule has 1 aromatic rings. The van der Waals surface area contributed by atoms with Crippen LogP contribution in [0.15, 0.2) is 18.2 Å². The fourth-order valence-electron chi connectivity index (χ4n) is 1.97. The van der Waals surface area contributed by atoms with Crippen molar-refractivity contribution in [2.75, 3.05) is 19.8 Å². The summed E-state index contributed by atoms with van der Waals surface area (Å²) in [6.45, 7) is 2.40. The van der Waals surface area contributed by atoms with Gasteiger partial charge in [-0.05, 0) is 43.5 Å². The molecule has 0 aliphatic heterocycles. The van der Waals surface area contributed by atoms with E-state index in [9.17, 15) is 17.6 Å². The SMILES string of the molecule is CCCNC(CCOCC(F)F)Cc1ccc(F)c(F)c1. The van der Waals surface area contributed by atoms with Gasteiger partial charge in [0.1, 0.15) is 6.61 Å². The highest BCUT2D eigenvalue weighted by molar-refractivity contribution is 5.18. The third-order valence-electron chi connectivity index (χ3n) is 3.00. The summed E-state index contributed by atoms with van der Waals surface area (Å²) in [5.74, 6) is -1.76. The molecule has 0 saturated heterocycles. The average Bonchev–Trinajstić information content (AvgIpc) is 2.44. The van der Waals surface area contributed by atoms with Gasteiger partial charge in [0.15, 0.2) is 11.6 Å². The van der Waals surface area contributed by atoms with E-state index in [1.165, 1.54) is 6.07 Å². The Morgan fingerprint density at radius 1 is 1.19 bits per heavy atom. The van der Waals surface area contributed by atoms with Gasteiger partial charge < -0.3 is 10.1 Å². The molecule has 0 saturated carbocycles. The van der Waals surface area contributed by atoms with Gasteiger partial charge in [0.25, 0.3) is 6.43 Å². The number of hydrogen-bond acceptors (Lipinski definition) is 2. The summed E-state index contributed by atoms with van der Waals surface area (Å²) in [4.78, 5) is 0. The Labute approximate surface area is 122 Å². The molecule has 0 heterocycles. The maximum absolute atomic E-state index is 13.2. The molecule has 1 rings (SSSR count). The lowest BCUT2D eigenvalue weighted by molar-refractivity contribution is 0.0144. The van der Waals surface area contributed by atoms with Gasteiger partial charge in [0.2, 0.25) is 0 Å². The maximum Gasteiger partial charge on any atom is 0.261 e. The average molecular weight is 307 g/mol. The highest BCUT2D eigenvalue weighted by atomic mass is 19.3. The number of ether oxygens (including phenoxy) is 1. The van der Waals surface area contributed by atoms with E-state index in [4.69, 9.17) is 4.74 Å². The third-order valence-corrected chi connectivity index (χ3v) is 3.00. The molecule has 0 bridgehead atoms. The lowest BCUT2D eigenvalue weighted by atomic mass is 10.0. The van der Waals surface area contributed by atoms with Crippen LogP contribution < -0.4 is 5.32 Å². The highest BCUT2D eigenvalue weighted by Gasteiger charge is 2.11. The van der Waals surface area contributed by atoms with Crippen molar-refractivity contribution in [2.24, 2.45) is 0 Å².